The Morgan fingerprint density at radius 2 is 1.94 bits per heavy atom. The molecule has 3 heteroatoms. The van der Waals surface area contributed by atoms with Gasteiger partial charge in [-0.1, -0.05) is 64.6 Å². The second kappa shape index (κ2) is 9.71. The van der Waals surface area contributed by atoms with Crippen molar-refractivity contribution in [3.8, 4) is 0 Å². The number of unbranched alkanes of at least 4 members (excludes halogenated alkanes) is 5. The fraction of sp³-hybridized carbons (Fsp3) is 0.933. The molecule has 1 aliphatic rings. The van der Waals surface area contributed by atoms with E-state index >= 15 is 0 Å². The molecule has 0 bridgehead atoms. The van der Waals surface area contributed by atoms with Gasteiger partial charge in [0.1, 0.15) is 0 Å². The van der Waals surface area contributed by atoms with E-state index in [1.165, 1.54) is 55.9 Å². The number of nitrogens with zero attached hydrogens (tertiary/aromatic N) is 1. The Morgan fingerprint density at radius 3 is 2.67 bits per heavy atom. The van der Waals surface area contributed by atoms with Crippen molar-refractivity contribution in [1.82, 2.24) is 5.32 Å². The van der Waals surface area contributed by atoms with E-state index < -0.39 is 0 Å². The first-order valence-electron chi connectivity index (χ1n) is 7.66. The monoisotopic (exact) mass is 270 g/mol. The van der Waals surface area contributed by atoms with Crippen LogP contribution in [-0.2, 0) is 0 Å². The van der Waals surface area contributed by atoms with Crippen molar-refractivity contribution >= 4 is 16.9 Å². The predicted molar refractivity (Wildman–Crippen MR) is 84.5 cm³/mol. The molecule has 1 fully saturated rings. The first kappa shape index (κ1) is 15.9. The van der Waals surface area contributed by atoms with Crippen molar-refractivity contribution in [2.75, 3.05) is 12.3 Å². The van der Waals surface area contributed by atoms with Crippen molar-refractivity contribution < 1.29 is 0 Å². The number of nitrogens with one attached hydrogen (secondary N) is 1. The first-order chi connectivity index (χ1) is 8.72. The third kappa shape index (κ3) is 7.30. The Labute approximate surface area is 117 Å². The summed E-state index contributed by atoms with van der Waals surface area (Å²) in [5.41, 5.74) is 0. The van der Waals surface area contributed by atoms with Crippen LogP contribution in [0.5, 0.6) is 0 Å². The normalized spacial score (nSPS) is 21.8. The van der Waals surface area contributed by atoms with Crippen LogP contribution in [-0.4, -0.2) is 23.5 Å². The summed E-state index contributed by atoms with van der Waals surface area (Å²) in [5, 5.41) is 4.74. The minimum atomic E-state index is 0.651. The number of hydrogen-bond acceptors (Lipinski definition) is 2. The van der Waals surface area contributed by atoms with E-state index in [4.69, 9.17) is 0 Å². The molecule has 18 heavy (non-hydrogen) atoms. The van der Waals surface area contributed by atoms with Gasteiger partial charge in [-0.25, -0.2) is 0 Å². The molecule has 1 heterocycles. The fourth-order valence-electron chi connectivity index (χ4n) is 2.30. The SMILES string of the molecule is CCCCCCCCN=C1NC(CC(C)C)CS1. The second-order valence-electron chi connectivity index (χ2n) is 5.74. The van der Waals surface area contributed by atoms with Crippen LogP contribution < -0.4 is 5.32 Å². The quantitative estimate of drug-likeness (QED) is 0.626. The number of aliphatic imine (C=N–C) groups is 1. The lowest BCUT2D eigenvalue weighted by Crippen LogP contribution is -2.28. The smallest absolute Gasteiger partial charge is 0.156 e. The molecule has 1 N–H and O–H groups in total. The van der Waals surface area contributed by atoms with Gasteiger partial charge in [0.15, 0.2) is 5.17 Å². The van der Waals surface area contributed by atoms with Crippen LogP contribution in [0.4, 0.5) is 0 Å². The van der Waals surface area contributed by atoms with E-state index in [1.54, 1.807) is 0 Å². The van der Waals surface area contributed by atoms with Gasteiger partial charge in [-0.3, -0.25) is 4.99 Å². The molecule has 1 aliphatic heterocycles. The molecule has 1 unspecified atom stereocenters. The zero-order chi connectivity index (χ0) is 13.2. The molecule has 0 aliphatic carbocycles. The summed E-state index contributed by atoms with van der Waals surface area (Å²) in [6, 6.07) is 0.651. The molecule has 0 aromatic rings. The van der Waals surface area contributed by atoms with Crippen molar-refractivity contribution in [2.45, 2.75) is 71.8 Å². The minimum Gasteiger partial charge on any atom is -0.361 e. The zero-order valence-corrected chi connectivity index (χ0v) is 13.2. The second-order valence-corrected chi connectivity index (χ2v) is 6.75. The molecule has 1 saturated heterocycles. The minimum absolute atomic E-state index is 0.651. The van der Waals surface area contributed by atoms with E-state index in [-0.39, 0.29) is 0 Å². The Bertz CT molecular complexity index is 239. The van der Waals surface area contributed by atoms with Crippen molar-refractivity contribution in [3.63, 3.8) is 0 Å². The zero-order valence-electron chi connectivity index (χ0n) is 12.4. The summed E-state index contributed by atoms with van der Waals surface area (Å²) in [6.45, 7) is 7.86. The first-order valence-corrected chi connectivity index (χ1v) is 8.64. The largest absolute Gasteiger partial charge is 0.361 e. The molecular formula is C15H30N2S. The van der Waals surface area contributed by atoms with E-state index in [1.807, 2.05) is 11.8 Å². The predicted octanol–water partition coefficient (Wildman–Crippen LogP) is 4.45. The molecule has 106 valence electrons. The van der Waals surface area contributed by atoms with E-state index in [0.717, 1.165) is 12.5 Å². The Balaban J connectivity index is 2.02. The van der Waals surface area contributed by atoms with Crippen LogP contribution in [0.1, 0.15) is 65.7 Å². The van der Waals surface area contributed by atoms with Crippen LogP contribution in [0.3, 0.4) is 0 Å². The molecule has 2 nitrogen and oxygen atoms in total. The van der Waals surface area contributed by atoms with E-state index in [2.05, 4.69) is 31.1 Å². The van der Waals surface area contributed by atoms with Crippen molar-refractivity contribution in [2.24, 2.45) is 10.9 Å². The standard InChI is InChI=1S/C15H30N2S/c1-4-5-6-7-8-9-10-16-15-17-14(12-18-15)11-13(2)3/h13-14H,4-12H2,1-3H3,(H,16,17). The van der Waals surface area contributed by atoms with E-state index in [9.17, 15) is 0 Å². The number of thioether (sulfide) groups is 1. The lowest BCUT2D eigenvalue weighted by Gasteiger charge is -2.11. The maximum absolute atomic E-state index is 4.67. The lowest BCUT2D eigenvalue weighted by molar-refractivity contribution is 0.502. The summed E-state index contributed by atoms with van der Waals surface area (Å²) >= 11 is 1.90. The summed E-state index contributed by atoms with van der Waals surface area (Å²) in [6.07, 6.45) is 9.37. The Kier molecular flexibility index (Phi) is 8.57. The Morgan fingerprint density at radius 1 is 1.22 bits per heavy atom. The van der Waals surface area contributed by atoms with Gasteiger partial charge in [-0.15, -0.1) is 0 Å². The van der Waals surface area contributed by atoms with Crippen LogP contribution in [0, 0.1) is 5.92 Å². The molecule has 0 spiro atoms. The summed E-state index contributed by atoms with van der Waals surface area (Å²) < 4.78 is 0. The van der Waals surface area contributed by atoms with Gasteiger partial charge in [-0.05, 0) is 18.8 Å². The van der Waals surface area contributed by atoms with Gasteiger partial charge < -0.3 is 5.32 Å². The third-order valence-corrected chi connectivity index (χ3v) is 4.36. The van der Waals surface area contributed by atoms with Crippen LogP contribution in [0.2, 0.25) is 0 Å². The molecular weight excluding hydrogens is 240 g/mol. The van der Waals surface area contributed by atoms with Crippen molar-refractivity contribution in [1.29, 1.82) is 0 Å². The van der Waals surface area contributed by atoms with Gasteiger partial charge in [0.25, 0.3) is 0 Å². The molecule has 1 rings (SSSR count). The van der Waals surface area contributed by atoms with Gasteiger partial charge in [0.2, 0.25) is 0 Å². The summed E-state index contributed by atoms with van der Waals surface area (Å²) in [4.78, 5) is 4.67. The molecule has 0 radical (unpaired) electrons. The molecule has 0 aromatic carbocycles. The van der Waals surface area contributed by atoms with Gasteiger partial charge in [-0.2, -0.15) is 0 Å². The molecule has 0 saturated carbocycles. The Hall–Kier alpha value is -0.180. The third-order valence-electron chi connectivity index (χ3n) is 3.27. The van der Waals surface area contributed by atoms with E-state index in [0.29, 0.717) is 6.04 Å². The van der Waals surface area contributed by atoms with Crippen LogP contribution >= 0.6 is 11.8 Å². The maximum Gasteiger partial charge on any atom is 0.156 e. The average molecular weight is 270 g/mol. The number of hydrogen-bond donors (Lipinski definition) is 1. The molecule has 1 atom stereocenters. The van der Waals surface area contributed by atoms with Crippen molar-refractivity contribution in [3.05, 3.63) is 0 Å². The maximum atomic E-state index is 4.67. The van der Waals surface area contributed by atoms with Crippen LogP contribution in [0.25, 0.3) is 0 Å². The highest BCUT2D eigenvalue weighted by Crippen LogP contribution is 2.19. The summed E-state index contributed by atoms with van der Waals surface area (Å²) in [5.74, 6) is 1.98. The average Bonchev–Trinajstić information content (AvgIpc) is 2.75. The highest BCUT2D eigenvalue weighted by Gasteiger charge is 2.20. The highest BCUT2D eigenvalue weighted by molar-refractivity contribution is 8.14. The highest BCUT2D eigenvalue weighted by atomic mass is 32.2. The lowest BCUT2D eigenvalue weighted by atomic mass is 10.1. The molecule has 0 amide bonds. The number of amidine groups is 1. The topological polar surface area (TPSA) is 24.4 Å². The fourth-order valence-corrected chi connectivity index (χ4v) is 3.31. The van der Waals surface area contributed by atoms with Gasteiger partial charge >= 0.3 is 0 Å². The molecule has 0 aromatic heterocycles. The van der Waals surface area contributed by atoms with Gasteiger partial charge in [0.05, 0.1) is 0 Å². The van der Waals surface area contributed by atoms with Crippen LogP contribution in [0.15, 0.2) is 4.99 Å². The summed E-state index contributed by atoms with van der Waals surface area (Å²) in [7, 11) is 0. The van der Waals surface area contributed by atoms with Gasteiger partial charge in [0, 0.05) is 18.3 Å². The number of rotatable bonds is 9.